The van der Waals surface area contributed by atoms with Crippen LogP contribution in [0.4, 0.5) is 5.00 Å². The lowest BCUT2D eigenvalue weighted by molar-refractivity contribution is 0.0827. The molecule has 4 rings (SSSR count). The Balaban J connectivity index is 1.56. The maximum atomic E-state index is 13.2. The summed E-state index contributed by atoms with van der Waals surface area (Å²) in [4.78, 5) is 31.5. The van der Waals surface area contributed by atoms with E-state index in [4.69, 9.17) is 0 Å². The van der Waals surface area contributed by atoms with Crippen molar-refractivity contribution in [1.29, 1.82) is 0 Å². The van der Waals surface area contributed by atoms with Crippen molar-refractivity contribution in [1.82, 2.24) is 14.1 Å². The van der Waals surface area contributed by atoms with E-state index in [9.17, 15) is 18.0 Å². The van der Waals surface area contributed by atoms with Crippen molar-refractivity contribution in [3.63, 3.8) is 0 Å². The van der Waals surface area contributed by atoms with Gasteiger partial charge in [0.05, 0.1) is 10.5 Å². The zero-order chi connectivity index (χ0) is 27.1. The molecule has 1 fully saturated rings. The van der Waals surface area contributed by atoms with Gasteiger partial charge in [0.25, 0.3) is 11.8 Å². The Bertz CT molecular complexity index is 1260. The number of hydrogen-bond donors (Lipinski definition) is 1. The van der Waals surface area contributed by atoms with Gasteiger partial charge in [-0.2, -0.15) is 4.31 Å². The van der Waals surface area contributed by atoms with Crippen LogP contribution in [-0.2, 0) is 23.0 Å². The van der Waals surface area contributed by atoms with Crippen LogP contribution in [0, 0.1) is 11.8 Å². The molecule has 1 aromatic heterocycles. The Hall–Kier alpha value is -2.27. The van der Waals surface area contributed by atoms with Crippen LogP contribution >= 0.6 is 11.3 Å². The lowest BCUT2D eigenvalue weighted by Gasteiger charge is -2.34. The zero-order valence-corrected chi connectivity index (χ0v) is 24.2. The van der Waals surface area contributed by atoms with Gasteiger partial charge in [0.2, 0.25) is 10.0 Å². The van der Waals surface area contributed by atoms with Gasteiger partial charge in [-0.05, 0) is 68.4 Å². The van der Waals surface area contributed by atoms with E-state index in [-0.39, 0.29) is 16.7 Å². The quantitative estimate of drug-likeness (QED) is 0.588. The predicted octanol–water partition coefficient (Wildman–Crippen LogP) is 4.14. The van der Waals surface area contributed by atoms with Crippen molar-refractivity contribution in [2.24, 2.45) is 11.8 Å². The summed E-state index contributed by atoms with van der Waals surface area (Å²) in [6.07, 6.45) is 1.78. The molecule has 2 aliphatic rings. The average molecular weight is 547 g/mol. The Morgan fingerprint density at radius 1 is 1.08 bits per heavy atom. The Morgan fingerprint density at radius 3 is 2.27 bits per heavy atom. The summed E-state index contributed by atoms with van der Waals surface area (Å²) in [6, 6.07) is 6.48. The molecule has 8 nitrogen and oxygen atoms in total. The lowest BCUT2D eigenvalue weighted by Crippen LogP contribution is -2.42. The van der Waals surface area contributed by atoms with Gasteiger partial charge in [-0.15, -0.1) is 11.3 Å². The van der Waals surface area contributed by atoms with Crippen molar-refractivity contribution < 1.29 is 18.0 Å². The third-order valence-electron chi connectivity index (χ3n) is 7.25. The van der Waals surface area contributed by atoms with Crippen LogP contribution in [0.2, 0.25) is 0 Å². The summed E-state index contributed by atoms with van der Waals surface area (Å²) in [6.45, 7) is 11.1. The van der Waals surface area contributed by atoms with Gasteiger partial charge < -0.3 is 10.2 Å². The first-order chi connectivity index (χ1) is 17.4. The predicted molar refractivity (Wildman–Crippen MR) is 148 cm³/mol. The van der Waals surface area contributed by atoms with Crippen molar-refractivity contribution in [2.45, 2.75) is 58.0 Å². The highest BCUT2D eigenvalue weighted by atomic mass is 32.2. The van der Waals surface area contributed by atoms with Crippen LogP contribution in [-0.4, -0.2) is 74.1 Å². The van der Waals surface area contributed by atoms with Gasteiger partial charge in [0.15, 0.2) is 0 Å². The Morgan fingerprint density at radius 2 is 1.70 bits per heavy atom. The van der Waals surface area contributed by atoms with Gasteiger partial charge in [0, 0.05) is 56.8 Å². The number of thiophene rings is 1. The second kappa shape index (κ2) is 10.8. The number of carbonyl (C=O) groups is 2. The number of benzene rings is 1. The van der Waals surface area contributed by atoms with Crippen LogP contribution < -0.4 is 5.32 Å². The van der Waals surface area contributed by atoms with Crippen LogP contribution in [0.3, 0.4) is 0 Å². The molecule has 2 unspecified atom stereocenters. The highest BCUT2D eigenvalue weighted by Crippen LogP contribution is 2.38. The highest BCUT2D eigenvalue weighted by molar-refractivity contribution is 7.89. The number of nitrogens with zero attached hydrogens (tertiary/aromatic N) is 3. The molecule has 1 saturated heterocycles. The van der Waals surface area contributed by atoms with Gasteiger partial charge in [-0.3, -0.25) is 14.5 Å². The standard InChI is InChI=1S/C27H38N4O4S2/c1-17(2)30-12-11-22-23(16-30)36-26(24(22)27(33)29(5)6)28-25(32)20-7-9-21(10-8-20)37(34,35)31-14-18(3)13-19(4)15-31/h7-10,17-19H,11-16H2,1-6H3,(H,28,32). The molecule has 2 atom stereocenters. The number of piperidine rings is 1. The van der Waals surface area contributed by atoms with E-state index in [1.807, 2.05) is 0 Å². The molecule has 2 amide bonds. The highest BCUT2D eigenvalue weighted by Gasteiger charge is 2.32. The first-order valence-electron chi connectivity index (χ1n) is 12.9. The summed E-state index contributed by atoms with van der Waals surface area (Å²) in [5.41, 5.74) is 1.93. The van der Waals surface area contributed by atoms with Gasteiger partial charge >= 0.3 is 0 Å². The molecule has 1 N–H and O–H groups in total. The molecule has 0 radical (unpaired) electrons. The van der Waals surface area contributed by atoms with E-state index in [0.29, 0.717) is 47.1 Å². The van der Waals surface area contributed by atoms with E-state index in [1.54, 1.807) is 30.5 Å². The summed E-state index contributed by atoms with van der Waals surface area (Å²) in [5, 5.41) is 3.50. The fourth-order valence-corrected chi connectivity index (χ4v) is 8.25. The van der Waals surface area contributed by atoms with Crippen LogP contribution in [0.25, 0.3) is 0 Å². The molecule has 0 bridgehead atoms. The molecular weight excluding hydrogens is 508 g/mol. The number of amides is 2. The minimum absolute atomic E-state index is 0.128. The van der Waals surface area contributed by atoms with Crippen LogP contribution in [0.15, 0.2) is 29.2 Å². The number of nitrogens with one attached hydrogen (secondary N) is 1. The fourth-order valence-electron chi connectivity index (χ4n) is 5.31. The van der Waals surface area contributed by atoms with E-state index in [2.05, 4.69) is 37.9 Å². The smallest absolute Gasteiger partial charge is 0.256 e. The third kappa shape index (κ3) is 5.77. The molecule has 202 valence electrons. The number of rotatable bonds is 6. The number of hydrogen-bond acceptors (Lipinski definition) is 6. The number of carbonyl (C=O) groups excluding carboxylic acids is 2. The normalized spacial score (nSPS) is 21.1. The zero-order valence-electron chi connectivity index (χ0n) is 22.6. The average Bonchev–Trinajstić information content (AvgIpc) is 3.19. The van der Waals surface area contributed by atoms with E-state index in [0.717, 1.165) is 36.4 Å². The number of sulfonamides is 1. The monoisotopic (exact) mass is 546 g/mol. The maximum absolute atomic E-state index is 13.2. The molecule has 10 heteroatoms. The molecule has 0 spiro atoms. The van der Waals surface area contributed by atoms with E-state index in [1.165, 1.54) is 28.4 Å². The summed E-state index contributed by atoms with van der Waals surface area (Å²) in [5.74, 6) is 0.132. The molecule has 2 aliphatic heterocycles. The van der Waals surface area contributed by atoms with Crippen molar-refractivity contribution in [2.75, 3.05) is 39.0 Å². The SMILES string of the molecule is CC1CC(C)CN(S(=O)(=O)c2ccc(C(=O)Nc3sc4c(c3C(=O)N(C)C)CCN(C(C)C)C4)cc2)C1. The van der Waals surface area contributed by atoms with E-state index < -0.39 is 10.0 Å². The topological polar surface area (TPSA) is 90.0 Å². The maximum Gasteiger partial charge on any atom is 0.256 e. The molecule has 0 saturated carbocycles. The first-order valence-corrected chi connectivity index (χ1v) is 15.2. The third-order valence-corrected chi connectivity index (χ3v) is 10.2. The largest absolute Gasteiger partial charge is 0.345 e. The Kier molecular flexibility index (Phi) is 8.13. The second-order valence-corrected chi connectivity index (χ2v) is 14.0. The van der Waals surface area contributed by atoms with Gasteiger partial charge in [-0.1, -0.05) is 13.8 Å². The van der Waals surface area contributed by atoms with Crippen molar-refractivity contribution >= 4 is 38.2 Å². The summed E-state index contributed by atoms with van der Waals surface area (Å²) >= 11 is 1.45. The van der Waals surface area contributed by atoms with Crippen LogP contribution in [0.1, 0.15) is 65.3 Å². The first kappa shape index (κ1) is 27.8. The van der Waals surface area contributed by atoms with Crippen molar-refractivity contribution in [3.8, 4) is 0 Å². The molecule has 2 aromatic rings. The molecule has 3 heterocycles. The second-order valence-electron chi connectivity index (χ2n) is 11.0. The molecule has 37 heavy (non-hydrogen) atoms. The fraction of sp³-hybridized carbons (Fsp3) is 0.556. The Labute approximate surface area is 224 Å². The minimum atomic E-state index is -3.62. The molecular formula is C27H38N4O4S2. The molecule has 0 aliphatic carbocycles. The number of fused-ring (bicyclic) bond motifs is 1. The molecule has 1 aromatic carbocycles. The van der Waals surface area contributed by atoms with Gasteiger partial charge in [-0.25, -0.2) is 8.42 Å². The minimum Gasteiger partial charge on any atom is -0.345 e. The lowest BCUT2D eigenvalue weighted by atomic mass is 9.94. The summed E-state index contributed by atoms with van der Waals surface area (Å²) < 4.78 is 28.0. The van der Waals surface area contributed by atoms with Gasteiger partial charge in [0.1, 0.15) is 5.00 Å². The number of anilines is 1. The van der Waals surface area contributed by atoms with Crippen LogP contribution in [0.5, 0.6) is 0 Å². The summed E-state index contributed by atoms with van der Waals surface area (Å²) in [7, 11) is -0.197. The van der Waals surface area contributed by atoms with Crippen molar-refractivity contribution in [3.05, 3.63) is 45.8 Å². The van der Waals surface area contributed by atoms with E-state index >= 15 is 0 Å².